The van der Waals surface area contributed by atoms with Gasteiger partial charge in [-0.15, -0.1) is 0 Å². The van der Waals surface area contributed by atoms with Gasteiger partial charge in [-0.05, 0) is 38.8 Å². The van der Waals surface area contributed by atoms with Crippen LogP contribution < -0.4 is 13.8 Å². The molecule has 10 heteroatoms. The second-order valence-electron chi connectivity index (χ2n) is 7.13. The number of piperidine rings is 1. The largest absolute Gasteiger partial charge is 0.493 e. The van der Waals surface area contributed by atoms with Crippen molar-refractivity contribution in [3.05, 3.63) is 18.2 Å². The molecule has 1 fully saturated rings. The number of nitrogens with zero attached hydrogens (tertiary/aromatic N) is 2. The van der Waals surface area contributed by atoms with Crippen LogP contribution in [0.25, 0.3) is 0 Å². The van der Waals surface area contributed by atoms with E-state index in [-0.39, 0.29) is 17.8 Å². The van der Waals surface area contributed by atoms with Gasteiger partial charge in [-0.2, -0.15) is 0 Å². The summed E-state index contributed by atoms with van der Waals surface area (Å²) in [5.74, 6) is 0.00712. The number of amides is 1. The van der Waals surface area contributed by atoms with Crippen LogP contribution in [0.1, 0.15) is 26.7 Å². The molecule has 0 spiro atoms. The SMILES string of the molecule is CCOC(=O)C1CCN(C(=O)C(C)N(c2ccc(OC)c(OC)c2)S(C)(=O)=O)CC1. The number of hydrogen-bond acceptors (Lipinski definition) is 7. The molecule has 0 radical (unpaired) electrons. The predicted octanol–water partition coefficient (Wildman–Crippen LogP) is 1.66. The summed E-state index contributed by atoms with van der Waals surface area (Å²) in [5.41, 5.74) is 0.303. The monoisotopic (exact) mass is 442 g/mol. The molecule has 1 unspecified atom stereocenters. The summed E-state index contributed by atoms with van der Waals surface area (Å²) >= 11 is 0. The molecule has 1 atom stereocenters. The second-order valence-corrected chi connectivity index (χ2v) is 8.99. The molecule has 168 valence electrons. The van der Waals surface area contributed by atoms with Gasteiger partial charge >= 0.3 is 5.97 Å². The highest BCUT2D eigenvalue weighted by atomic mass is 32.2. The minimum absolute atomic E-state index is 0.235. The molecule has 9 nitrogen and oxygen atoms in total. The molecule has 0 saturated carbocycles. The van der Waals surface area contributed by atoms with Crippen molar-refractivity contribution < 1.29 is 32.2 Å². The Hall–Kier alpha value is -2.49. The summed E-state index contributed by atoms with van der Waals surface area (Å²) in [4.78, 5) is 26.6. The first kappa shape index (κ1) is 23.8. The van der Waals surface area contributed by atoms with Crippen molar-refractivity contribution in [3.63, 3.8) is 0 Å². The van der Waals surface area contributed by atoms with Crippen LogP contribution in [0.3, 0.4) is 0 Å². The van der Waals surface area contributed by atoms with Crippen LogP contribution in [0.2, 0.25) is 0 Å². The van der Waals surface area contributed by atoms with E-state index in [0.717, 1.165) is 10.6 Å². The van der Waals surface area contributed by atoms with Crippen LogP contribution in [-0.2, 0) is 24.3 Å². The number of methoxy groups -OCH3 is 2. The fourth-order valence-corrected chi connectivity index (χ4v) is 4.79. The Kier molecular flexibility index (Phi) is 7.94. The average molecular weight is 443 g/mol. The van der Waals surface area contributed by atoms with E-state index in [0.29, 0.717) is 49.7 Å². The maximum atomic E-state index is 13.1. The molecule has 1 aliphatic heterocycles. The highest BCUT2D eigenvalue weighted by Crippen LogP contribution is 2.33. The first-order valence-electron chi connectivity index (χ1n) is 9.80. The second kappa shape index (κ2) is 10.0. The number of sulfonamides is 1. The van der Waals surface area contributed by atoms with Gasteiger partial charge in [0.1, 0.15) is 6.04 Å². The molecular weight excluding hydrogens is 412 g/mol. The number of esters is 1. The minimum atomic E-state index is -3.76. The van der Waals surface area contributed by atoms with Gasteiger partial charge < -0.3 is 19.1 Å². The Morgan fingerprint density at radius 2 is 1.77 bits per heavy atom. The number of rotatable bonds is 8. The lowest BCUT2D eigenvalue weighted by molar-refractivity contribution is -0.151. The van der Waals surface area contributed by atoms with Gasteiger partial charge in [0.05, 0.1) is 38.7 Å². The third-order valence-electron chi connectivity index (χ3n) is 5.11. The number of carbonyl (C=O) groups is 2. The van der Waals surface area contributed by atoms with Crippen LogP contribution in [0, 0.1) is 5.92 Å². The highest BCUT2D eigenvalue weighted by molar-refractivity contribution is 7.92. The summed E-state index contributed by atoms with van der Waals surface area (Å²) < 4.78 is 41.7. The average Bonchev–Trinajstić information content (AvgIpc) is 2.72. The summed E-state index contributed by atoms with van der Waals surface area (Å²) in [6.07, 6.45) is 2.04. The lowest BCUT2D eigenvalue weighted by Gasteiger charge is -2.36. The zero-order chi connectivity index (χ0) is 22.5. The molecule has 1 heterocycles. The molecule has 0 N–H and O–H groups in total. The molecule has 1 amide bonds. The van der Waals surface area contributed by atoms with Gasteiger partial charge in [-0.1, -0.05) is 0 Å². The van der Waals surface area contributed by atoms with Gasteiger partial charge in [0.2, 0.25) is 15.9 Å². The van der Waals surface area contributed by atoms with E-state index in [1.54, 1.807) is 30.9 Å². The normalized spacial score (nSPS) is 16.0. The first-order valence-corrected chi connectivity index (χ1v) is 11.7. The van der Waals surface area contributed by atoms with Crippen molar-refractivity contribution in [1.82, 2.24) is 4.90 Å². The lowest BCUT2D eigenvalue weighted by atomic mass is 9.96. The van der Waals surface area contributed by atoms with Gasteiger partial charge in [0.15, 0.2) is 11.5 Å². The number of likely N-dealkylation sites (tertiary alicyclic amines) is 1. The maximum absolute atomic E-state index is 13.1. The molecule has 1 aliphatic rings. The number of hydrogen-bond donors (Lipinski definition) is 0. The molecule has 30 heavy (non-hydrogen) atoms. The van der Waals surface area contributed by atoms with Crippen LogP contribution in [0.15, 0.2) is 18.2 Å². The van der Waals surface area contributed by atoms with Crippen molar-refractivity contribution in [1.29, 1.82) is 0 Å². The van der Waals surface area contributed by atoms with Gasteiger partial charge in [0.25, 0.3) is 0 Å². The quantitative estimate of drug-likeness (QED) is 0.564. The molecule has 1 aromatic carbocycles. The Bertz CT molecular complexity index is 864. The molecule has 0 bridgehead atoms. The summed E-state index contributed by atoms with van der Waals surface area (Å²) in [5, 5.41) is 0. The third-order valence-corrected chi connectivity index (χ3v) is 6.36. The van der Waals surface area contributed by atoms with Crippen molar-refractivity contribution in [3.8, 4) is 11.5 Å². The van der Waals surface area contributed by atoms with E-state index in [9.17, 15) is 18.0 Å². The van der Waals surface area contributed by atoms with Gasteiger partial charge in [0, 0.05) is 19.2 Å². The minimum Gasteiger partial charge on any atom is -0.493 e. The molecule has 1 aromatic rings. The summed E-state index contributed by atoms with van der Waals surface area (Å²) in [6.45, 7) is 4.37. The fraction of sp³-hybridized carbons (Fsp3) is 0.600. The van der Waals surface area contributed by atoms with E-state index in [2.05, 4.69) is 0 Å². The van der Waals surface area contributed by atoms with Gasteiger partial charge in [-0.3, -0.25) is 13.9 Å². The fourth-order valence-electron chi connectivity index (χ4n) is 3.62. The number of ether oxygens (including phenoxy) is 3. The molecule has 0 aliphatic carbocycles. The van der Waals surface area contributed by atoms with E-state index < -0.39 is 16.1 Å². The van der Waals surface area contributed by atoms with E-state index in [1.807, 2.05) is 0 Å². The number of benzene rings is 1. The molecule has 1 saturated heterocycles. The van der Waals surface area contributed by atoms with Crippen LogP contribution in [0.4, 0.5) is 5.69 Å². The summed E-state index contributed by atoms with van der Waals surface area (Å²) in [6, 6.07) is 3.72. The Morgan fingerprint density at radius 3 is 2.27 bits per heavy atom. The Morgan fingerprint density at radius 1 is 1.17 bits per heavy atom. The van der Waals surface area contributed by atoms with E-state index in [4.69, 9.17) is 14.2 Å². The topological polar surface area (TPSA) is 102 Å². The van der Waals surface area contributed by atoms with Crippen LogP contribution >= 0.6 is 0 Å². The standard InChI is InChI=1S/C20H30N2O7S/c1-6-29-20(24)15-9-11-21(12-10-15)19(23)14(2)22(30(5,25)26)16-7-8-17(27-3)18(13-16)28-4/h7-8,13-15H,6,9-12H2,1-5H3. The zero-order valence-electron chi connectivity index (χ0n) is 18.1. The molecular formula is C20H30N2O7S. The third kappa shape index (κ3) is 5.35. The Labute approximate surface area is 177 Å². The smallest absolute Gasteiger partial charge is 0.309 e. The highest BCUT2D eigenvalue weighted by Gasteiger charge is 2.35. The zero-order valence-corrected chi connectivity index (χ0v) is 18.9. The lowest BCUT2D eigenvalue weighted by Crippen LogP contribution is -2.51. The van der Waals surface area contributed by atoms with Crippen molar-refractivity contribution >= 4 is 27.6 Å². The number of anilines is 1. The van der Waals surface area contributed by atoms with E-state index >= 15 is 0 Å². The van der Waals surface area contributed by atoms with E-state index in [1.165, 1.54) is 20.3 Å². The predicted molar refractivity (Wildman–Crippen MR) is 112 cm³/mol. The molecule has 2 rings (SSSR count). The number of carbonyl (C=O) groups excluding carboxylic acids is 2. The van der Waals surface area contributed by atoms with Crippen molar-refractivity contribution in [2.75, 3.05) is 44.5 Å². The summed E-state index contributed by atoms with van der Waals surface area (Å²) in [7, 11) is -0.825. The van der Waals surface area contributed by atoms with Crippen molar-refractivity contribution in [2.24, 2.45) is 5.92 Å². The van der Waals surface area contributed by atoms with Crippen LogP contribution in [-0.4, -0.2) is 71.4 Å². The molecule has 0 aromatic heterocycles. The van der Waals surface area contributed by atoms with Gasteiger partial charge in [-0.25, -0.2) is 8.42 Å². The first-order chi connectivity index (χ1) is 14.1. The van der Waals surface area contributed by atoms with Crippen molar-refractivity contribution in [2.45, 2.75) is 32.7 Å². The maximum Gasteiger partial charge on any atom is 0.309 e. The van der Waals surface area contributed by atoms with Crippen LogP contribution in [0.5, 0.6) is 11.5 Å². The Balaban J connectivity index is 2.21.